The van der Waals surface area contributed by atoms with Crippen LogP contribution in [0.25, 0.3) is 22.9 Å². The van der Waals surface area contributed by atoms with E-state index in [0.29, 0.717) is 57.9 Å². The molecule has 334 valence electrons. The Bertz CT molecular complexity index is 2990. The lowest BCUT2D eigenvalue weighted by Crippen LogP contribution is -2.02. The minimum atomic E-state index is -4.86. The molecule has 0 fully saturated rings. The van der Waals surface area contributed by atoms with Crippen LogP contribution in [0.3, 0.4) is 0 Å². The predicted octanol–water partition coefficient (Wildman–Crippen LogP) is 11.2. The zero-order valence-electron chi connectivity index (χ0n) is 32.7. The highest BCUT2D eigenvalue weighted by molar-refractivity contribution is 7.95. The maximum Gasteiger partial charge on any atom is 0.295 e. The van der Waals surface area contributed by atoms with Crippen molar-refractivity contribution in [2.45, 2.75) is 14.7 Å². The van der Waals surface area contributed by atoms with Gasteiger partial charge >= 0.3 is 0 Å². The number of nitro benzene ring substituents is 1. The molecule has 0 atom stereocenters. The van der Waals surface area contributed by atoms with Gasteiger partial charge in [0.1, 0.15) is 33.5 Å². The first-order valence-electron chi connectivity index (χ1n) is 17.6. The number of ether oxygens (including phenoxy) is 1. The van der Waals surface area contributed by atoms with Crippen molar-refractivity contribution in [2.24, 2.45) is 41.6 Å². The van der Waals surface area contributed by atoms with Crippen molar-refractivity contribution >= 4 is 109 Å². The lowest BCUT2D eigenvalue weighted by molar-refractivity contribution is -0.432. The fraction of sp³-hybridized carbons (Fsp3) is 0.0263. The summed E-state index contributed by atoms with van der Waals surface area (Å²) in [5, 5.41) is 83.6. The van der Waals surface area contributed by atoms with Gasteiger partial charge in [-0.3, -0.25) is 14.7 Å². The first-order chi connectivity index (χ1) is 31.3. The monoisotopic (exact) mass is 947 g/mol. The summed E-state index contributed by atoms with van der Waals surface area (Å²) in [6.07, 6.45) is 3.57. The van der Waals surface area contributed by atoms with Crippen LogP contribution in [0.5, 0.6) is 17.2 Å². The highest BCUT2D eigenvalue weighted by Crippen LogP contribution is 2.47. The number of methoxy groups -OCH3 is 1. The third-order valence-corrected chi connectivity index (χ3v) is 10.6. The molecule has 0 heterocycles. The molecule has 6 aromatic carbocycles. The molecule has 24 nitrogen and oxygen atoms in total. The van der Waals surface area contributed by atoms with Crippen LogP contribution >= 0.6 is 24.1 Å². The Labute approximate surface area is 373 Å². The van der Waals surface area contributed by atoms with E-state index < -0.39 is 25.6 Å². The van der Waals surface area contributed by atoms with Gasteiger partial charge in [0.05, 0.1) is 63.8 Å². The molecular weight excluding hydrogens is 919 g/mol. The molecule has 0 aliphatic carbocycles. The van der Waals surface area contributed by atoms with Gasteiger partial charge in [-0.15, -0.1) is 24.0 Å². The topological polar surface area (TPSA) is 346 Å². The van der Waals surface area contributed by atoms with Crippen molar-refractivity contribution < 1.29 is 66.9 Å². The zero-order chi connectivity index (χ0) is 46.5. The number of nitrogens with zero attached hydrogens (tertiary/aromatic N) is 8. The first-order valence-corrected chi connectivity index (χ1v) is 20.6. The van der Waals surface area contributed by atoms with Crippen molar-refractivity contribution in [1.29, 1.82) is 0 Å². The molecule has 6 aromatic rings. The maximum atomic E-state index is 12.0. The first kappa shape index (κ1) is 47.2. The van der Waals surface area contributed by atoms with Crippen molar-refractivity contribution in [2.75, 3.05) is 7.11 Å². The summed E-state index contributed by atoms with van der Waals surface area (Å²) in [5.74, 6) is 5.04. The van der Waals surface area contributed by atoms with Gasteiger partial charge in [0, 0.05) is 28.5 Å². The number of azo groups is 3. The van der Waals surface area contributed by atoms with Crippen LogP contribution in [-0.4, -0.2) is 52.1 Å². The zero-order valence-corrected chi connectivity index (χ0v) is 35.1. The Morgan fingerprint density at radius 2 is 1.34 bits per heavy atom. The van der Waals surface area contributed by atoms with Crippen molar-refractivity contribution in [3.05, 3.63) is 118 Å². The van der Waals surface area contributed by atoms with Gasteiger partial charge < -0.3 is 19.8 Å². The van der Waals surface area contributed by atoms with Gasteiger partial charge in [-0.25, -0.2) is 15.5 Å². The van der Waals surface area contributed by atoms with E-state index in [9.17, 15) is 33.3 Å². The second kappa shape index (κ2) is 21.9. The summed E-state index contributed by atoms with van der Waals surface area (Å²) >= 11 is 1.04. The fourth-order valence-electron chi connectivity index (χ4n) is 5.55. The summed E-state index contributed by atoms with van der Waals surface area (Å²) in [5.41, 5.74) is 0.952. The smallest absolute Gasteiger partial charge is 0.295 e. The van der Waals surface area contributed by atoms with E-state index in [-0.39, 0.29) is 61.0 Å². The summed E-state index contributed by atoms with van der Waals surface area (Å²) in [7, 11) is -3.52. The van der Waals surface area contributed by atoms with Crippen LogP contribution in [0.4, 0.5) is 45.5 Å². The number of hydrogen-bond donors (Lipinski definition) is 6. The van der Waals surface area contributed by atoms with Gasteiger partial charge in [0.2, 0.25) is 6.40 Å². The Morgan fingerprint density at radius 3 is 2.03 bits per heavy atom. The van der Waals surface area contributed by atoms with Gasteiger partial charge in [0.15, 0.2) is 5.75 Å². The number of phenolic OH excluding ortho intramolecular Hbond substituents is 2. The van der Waals surface area contributed by atoms with Crippen LogP contribution in [0.2, 0.25) is 0 Å². The molecule has 0 bridgehead atoms. The molecule has 7 N–H and O–H groups in total. The minimum Gasteiger partial charge on any atom is -0.508 e. The molecule has 0 radical (unpaired) electrons. The van der Waals surface area contributed by atoms with Crippen LogP contribution in [-0.2, 0) is 33.7 Å². The van der Waals surface area contributed by atoms with Crippen molar-refractivity contribution in [3.63, 3.8) is 0 Å². The quantitative estimate of drug-likeness (QED) is 0.00505. The van der Waals surface area contributed by atoms with E-state index in [4.69, 9.17) is 21.1 Å². The molecule has 65 heavy (non-hydrogen) atoms. The Balaban J connectivity index is 1.32. The van der Waals surface area contributed by atoms with Crippen molar-refractivity contribution in [3.8, 4) is 17.2 Å². The average molecular weight is 948 g/mol. The predicted molar refractivity (Wildman–Crippen MR) is 232 cm³/mol. The van der Waals surface area contributed by atoms with E-state index in [0.717, 1.165) is 18.5 Å². The normalized spacial score (nSPS) is 12.2. The van der Waals surface area contributed by atoms with Gasteiger partial charge in [-0.1, -0.05) is 28.3 Å². The number of fused-ring (bicyclic) bond motifs is 1. The standard InChI is InChI=1S/C38H29N9O15S3/c1-57-33-19-31(44-43-26-6-4-21(34(16-26)63-61-59-52)2-3-22-5-10-27(47(50)51)17-36(22)65(54,55)56)30(40-20-58-39)18-32(33)45-46-37-35(64-62-60-53)15-23-14-25(9-13-29(23)38(37)49)42-41-24-7-11-28(48)12-8-24/h2-20,48-49,52-53H,39H2,1H3,(H,54,55,56). The molecule has 0 aliphatic heterocycles. The summed E-state index contributed by atoms with van der Waals surface area (Å²) in [4.78, 5) is 18.7. The number of phenols is 2. The van der Waals surface area contributed by atoms with E-state index in [1.54, 1.807) is 36.4 Å². The van der Waals surface area contributed by atoms with Gasteiger partial charge in [-0.2, -0.15) is 29.7 Å². The van der Waals surface area contributed by atoms with E-state index in [1.165, 1.54) is 61.7 Å². The number of aliphatic imine (C=N–C) groups is 1. The molecule has 6 rings (SSSR count). The van der Waals surface area contributed by atoms with E-state index >= 15 is 0 Å². The Hall–Kier alpha value is -7.28. The summed E-state index contributed by atoms with van der Waals surface area (Å²) in [6.45, 7) is 0. The third-order valence-electron chi connectivity index (χ3n) is 8.46. The highest BCUT2D eigenvalue weighted by Gasteiger charge is 2.20. The minimum absolute atomic E-state index is 0.0662. The fourth-order valence-corrected chi connectivity index (χ4v) is 7.25. The SMILES string of the molecule is COc1cc(N=Nc2ccc(C=Cc3ccc([N+](=O)[O-])cc3S(=O)(=O)O)c(SOOO)c2)c(N=CON)cc1N=Nc1c(SOOO)cc2cc(N=Nc3ccc(O)cc3)ccc2c1O. The Morgan fingerprint density at radius 1 is 0.708 bits per heavy atom. The van der Waals surface area contributed by atoms with Crippen LogP contribution < -0.4 is 10.6 Å². The number of aromatic hydroxyl groups is 2. The van der Waals surface area contributed by atoms with E-state index in [1.807, 2.05) is 0 Å². The lowest BCUT2D eigenvalue weighted by atomic mass is 10.1. The molecule has 0 saturated heterocycles. The highest BCUT2D eigenvalue weighted by atomic mass is 32.2. The van der Waals surface area contributed by atoms with Crippen LogP contribution in [0.15, 0.2) is 147 Å². The third kappa shape index (κ3) is 12.3. The maximum absolute atomic E-state index is 12.0. The van der Waals surface area contributed by atoms with Crippen molar-refractivity contribution in [1.82, 2.24) is 0 Å². The number of nitrogens with two attached hydrogens (primary N) is 1. The molecule has 0 aromatic heterocycles. The average Bonchev–Trinajstić information content (AvgIpc) is 3.30. The molecule has 0 unspecified atom stereocenters. The second-order valence-electron chi connectivity index (χ2n) is 12.4. The van der Waals surface area contributed by atoms with E-state index in [2.05, 4.69) is 59.3 Å². The number of rotatable bonds is 19. The summed E-state index contributed by atoms with van der Waals surface area (Å²) in [6, 6.07) is 22.6. The molecule has 0 saturated carbocycles. The molecule has 0 spiro atoms. The number of benzene rings is 6. The van der Waals surface area contributed by atoms with Gasteiger partial charge in [-0.05, 0) is 89.3 Å². The largest absolute Gasteiger partial charge is 0.508 e. The molecule has 0 amide bonds. The van der Waals surface area contributed by atoms with Gasteiger partial charge in [0.25, 0.3) is 15.8 Å². The number of non-ortho nitro benzene ring substituents is 1. The van der Waals surface area contributed by atoms with Crippen LogP contribution in [0.1, 0.15) is 11.1 Å². The number of nitro groups is 1. The molecular formula is C38H29N9O15S3. The lowest BCUT2D eigenvalue weighted by Gasteiger charge is -2.10. The Kier molecular flexibility index (Phi) is 15.9. The number of hydrogen-bond acceptors (Lipinski definition) is 24. The summed E-state index contributed by atoms with van der Waals surface area (Å²) < 4.78 is 48.5. The molecule has 27 heteroatoms. The second-order valence-corrected chi connectivity index (χ2v) is 15.3. The molecule has 0 aliphatic rings. The van der Waals surface area contributed by atoms with Crippen LogP contribution in [0, 0.1) is 10.1 Å².